The number of halogens is 1. The van der Waals surface area contributed by atoms with Gasteiger partial charge in [-0.25, -0.2) is 4.98 Å². The van der Waals surface area contributed by atoms with E-state index in [1.165, 1.54) is 12.2 Å². The zero-order valence-corrected chi connectivity index (χ0v) is 13.4. The Kier molecular flexibility index (Phi) is 4.93. The van der Waals surface area contributed by atoms with Crippen LogP contribution in [0.1, 0.15) is 17.6 Å². The Morgan fingerprint density at radius 1 is 1.25 bits per heavy atom. The minimum Gasteiger partial charge on any atom is -0.437 e. The van der Waals surface area contributed by atoms with E-state index in [0.29, 0.717) is 22.1 Å². The number of hydrogen-bond donors (Lipinski definition) is 2. The number of nitrogens with zero attached hydrogens (tertiary/aromatic N) is 1. The van der Waals surface area contributed by atoms with E-state index in [2.05, 4.69) is 10.3 Å². The Morgan fingerprint density at radius 2 is 2.00 bits per heavy atom. The van der Waals surface area contributed by atoms with Gasteiger partial charge in [0.15, 0.2) is 5.58 Å². The molecule has 1 aromatic heterocycles. The van der Waals surface area contributed by atoms with Crippen LogP contribution in [0.3, 0.4) is 0 Å². The summed E-state index contributed by atoms with van der Waals surface area (Å²) in [5.41, 5.74) is 2.08. The molecule has 0 saturated carbocycles. The van der Waals surface area contributed by atoms with E-state index in [-0.39, 0.29) is 12.5 Å². The third-order valence-electron chi connectivity index (χ3n) is 3.41. The smallest absolute Gasteiger partial charge is 0.244 e. The number of nitrogens with one attached hydrogen (secondary N) is 1. The first-order valence-electron chi connectivity index (χ1n) is 7.37. The number of oxazole rings is 1. The number of aliphatic hydroxyl groups is 1. The minimum absolute atomic E-state index is 0.0956. The maximum atomic E-state index is 11.8. The molecule has 1 unspecified atom stereocenters. The van der Waals surface area contributed by atoms with Crippen molar-refractivity contribution < 1.29 is 14.3 Å². The van der Waals surface area contributed by atoms with Gasteiger partial charge in [0.25, 0.3) is 0 Å². The lowest BCUT2D eigenvalue weighted by Crippen LogP contribution is -2.26. The molecule has 0 saturated heterocycles. The molecule has 0 spiro atoms. The van der Waals surface area contributed by atoms with Crippen LogP contribution in [0, 0.1) is 0 Å². The highest BCUT2D eigenvalue weighted by molar-refractivity contribution is 6.30. The minimum atomic E-state index is -0.802. The largest absolute Gasteiger partial charge is 0.437 e. The molecule has 24 heavy (non-hydrogen) atoms. The zero-order valence-electron chi connectivity index (χ0n) is 12.6. The summed E-state index contributed by atoms with van der Waals surface area (Å²) >= 11 is 5.80. The van der Waals surface area contributed by atoms with E-state index in [9.17, 15) is 9.90 Å². The van der Waals surface area contributed by atoms with Crippen LogP contribution >= 0.6 is 11.6 Å². The summed E-state index contributed by atoms with van der Waals surface area (Å²) in [6.07, 6.45) is 2.01. The van der Waals surface area contributed by atoms with Crippen molar-refractivity contribution in [3.63, 3.8) is 0 Å². The molecular weight excluding hydrogens is 328 g/mol. The predicted molar refractivity (Wildman–Crippen MR) is 92.5 cm³/mol. The average Bonchev–Trinajstić information content (AvgIpc) is 3.01. The fraction of sp³-hybridized carbons (Fsp3) is 0.111. The Bertz CT molecular complexity index is 838. The van der Waals surface area contributed by atoms with Gasteiger partial charge < -0.3 is 14.8 Å². The molecule has 2 N–H and O–H groups in total. The quantitative estimate of drug-likeness (QED) is 0.697. The van der Waals surface area contributed by atoms with Crippen LogP contribution < -0.4 is 5.32 Å². The summed E-state index contributed by atoms with van der Waals surface area (Å²) in [4.78, 5) is 16.1. The van der Waals surface area contributed by atoms with Crippen molar-refractivity contribution in [1.82, 2.24) is 10.3 Å². The molecule has 0 radical (unpaired) electrons. The van der Waals surface area contributed by atoms with E-state index in [1.54, 1.807) is 24.3 Å². The summed E-state index contributed by atoms with van der Waals surface area (Å²) < 4.78 is 5.48. The Hall–Kier alpha value is -2.63. The third kappa shape index (κ3) is 4.01. The number of carbonyl (C=O) groups is 1. The highest BCUT2D eigenvalue weighted by Gasteiger charge is 2.08. The number of amides is 1. The molecule has 1 atom stereocenters. The lowest BCUT2D eigenvalue weighted by atomic mass is 10.1. The summed E-state index contributed by atoms with van der Waals surface area (Å²) in [6, 6.07) is 14.2. The van der Waals surface area contributed by atoms with Gasteiger partial charge in [-0.3, -0.25) is 4.79 Å². The first-order valence-corrected chi connectivity index (χ1v) is 7.74. The number of aliphatic hydroxyl groups excluding tert-OH is 1. The number of aromatic nitrogens is 1. The summed E-state index contributed by atoms with van der Waals surface area (Å²) in [5.74, 6) is 0.00914. The van der Waals surface area contributed by atoms with Crippen LogP contribution in [0.25, 0.3) is 17.2 Å². The standard InChI is InChI=1S/C18H15ClN2O3/c19-13-7-5-12(6-8-13)15(22)11-20-17(23)9-10-18-21-14-3-1-2-4-16(14)24-18/h1-10,15,22H,11H2,(H,20,23)/b10-9+. The van der Waals surface area contributed by atoms with Gasteiger partial charge in [0.05, 0.1) is 6.10 Å². The fourth-order valence-electron chi connectivity index (χ4n) is 2.17. The highest BCUT2D eigenvalue weighted by atomic mass is 35.5. The molecule has 3 rings (SSSR count). The van der Waals surface area contributed by atoms with Gasteiger partial charge in [-0.2, -0.15) is 0 Å². The van der Waals surface area contributed by atoms with Crippen LogP contribution in [0.4, 0.5) is 0 Å². The number of benzene rings is 2. The average molecular weight is 343 g/mol. The molecule has 0 aliphatic carbocycles. The van der Waals surface area contributed by atoms with Crippen molar-refractivity contribution in [3.8, 4) is 0 Å². The van der Waals surface area contributed by atoms with E-state index < -0.39 is 6.10 Å². The lowest BCUT2D eigenvalue weighted by Gasteiger charge is -2.11. The van der Waals surface area contributed by atoms with E-state index in [1.807, 2.05) is 24.3 Å². The zero-order chi connectivity index (χ0) is 16.9. The lowest BCUT2D eigenvalue weighted by molar-refractivity contribution is -0.116. The number of fused-ring (bicyclic) bond motifs is 1. The Morgan fingerprint density at radius 3 is 2.75 bits per heavy atom. The van der Waals surface area contributed by atoms with Gasteiger partial charge in [0.1, 0.15) is 5.52 Å². The Balaban J connectivity index is 1.56. The normalized spacial score (nSPS) is 12.6. The second-order valence-corrected chi connectivity index (χ2v) is 5.60. The van der Waals surface area contributed by atoms with E-state index >= 15 is 0 Å². The van der Waals surface area contributed by atoms with Crippen molar-refractivity contribution in [3.05, 3.63) is 71.1 Å². The van der Waals surface area contributed by atoms with Crippen LogP contribution in [0.2, 0.25) is 5.02 Å². The molecule has 2 aromatic carbocycles. The molecule has 0 aliphatic heterocycles. The molecule has 6 heteroatoms. The van der Waals surface area contributed by atoms with Crippen molar-refractivity contribution in [2.45, 2.75) is 6.10 Å². The maximum Gasteiger partial charge on any atom is 0.244 e. The number of rotatable bonds is 5. The third-order valence-corrected chi connectivity index (χ3v) is 3.66. The predicted octanol–water partition coefficient (Wildman–Crippen LogP) is 3.34. The molecule has 5 nitrogen and oxygen atoms in total. The van der Waals surface area contributed by atoms with Crippen LogP contribution in [0.15, 0.2) is 59.0 Å². The summed E-state index contributed by atoms with van der Waals surface area (Å²) in [7, 11) is 0. The molecule has 1 heterocycles. The van der Waals surface area contributed by atoms with Gasteiger partial charge in [-0.1, -0.05) is 35.9 Å². The van der Waals surface area contributed by atoms with E-state index in [0.717, 1.165) is 5.52 Å². The van der Waals surface area contributed by atoms with Gasteiger partial charge in [0, 0.05) is 23.7 Å². The van der Waals surface area contributed by atoms with Crippen molar-refractivity contribution in [2.75, 3.05) is 6.54 Å². The molecule has 0 fully saturated rings. The highest BCUT2D eigenvalue weighted by Crippen LogP contribution is 2.16. The topological polar surface area (TPSA) is 75.4 Å². The van der Waals surface area contributed by atoms with Crippen molar-refractivity contribution in [1.29, 1.82) is 0 Å². The van der Waals surface area contributed by atoms with Gasteiger partial charge in [-0.05, 0) is 29.8 Å². The molecule has 0 bridgehead atoms. The van der Waals surface area contributed by atoms with Crippen LogP contribution in [0.5, 0.6) is 0 Å². The SMILES string of the molecule is O=C(/C=C/c1nc2ccccc2o1)NCC(O)c1ccc(Cl)cc1. The van der Waals surface area contributed by atoms with Crippen molar-refractivity contribution >= 4 is 34.7 Å². The van der Waals surface area contributed by atoms with Crippen LogP contribution in [-0.2, 0) is 4.79 Å². The summed E-state index contributed by atoms with van der Waals surface area (Å²) in [5, 5.41) is 13.2. The fourth-order valence-corrected chi connectivity index (χ4v) is 2.29. The second-order valence-electron chi connectivity index (χ2n) is 5.17. The molecule has 122 valence electrons. The molecule has 0 aliphatic rings. The molecule has 1 amide bonds. The van der Waals surface area contributed by atoms with Gasteiger partial charge in [-0.15, -0.1) is 0 Å². The first kappa shape index (κ1) is 16.2. The summed E-state index contributed by atoms with van der Waals surface area (Å²) in [6.45, 7) is 0.0956. The second kappa shape index (κ2) is 7.29. The Labute approximate surface area is 143 Å². The molecular formula is C18H15ClN2O3. The van der Waals surface area contributed by atoms with Gasteiger partial charge in [0.2, 0.25) is 11.8 Å². The van der Waals surface area contributed by atoms with Gasteiger partial charge >= 0.3 is 0 Å². The number of para-hydroxylation sites is 2. The number of hydrogen-bond acceptors (Lipinski definition) is 4. The van der Waals surface area contributed by atoms with Crippen LogP contribution in [-0.4, -0.2) is 22.5 Å². The maximum absolute atomic E-state index is 11.8. The molecule has 3 aromatic rings. The number of carbonyl (C=O) groups excluding carboxylic acids is 1. The monoisotopic (exact) mass is 342 g/mol. The van der Waals surface area contributed by atoms with Crippen molar-refractivity contribution in [2.24, 2.45) is 0 Å². The first-order chi connectivity index (χ1) is 11.6. The van der Waals surface area contributed by atoms with E-state index in [4.69, 9.17) is 16.0 Å².